The van der Waals surface area contributed by atoms with Gasteiger partial charge >= 0.3 is 0 Å². The molecule has 2 heterocycles. The first kappa shape index (κ1) is 28.0. The molecule has 0 aliphatic heterocycles. The number of amides is 2. The lowest BCUT2D eigenvalue weighted by molar-refractivity contribution is -0.130. The predicted molar refractivity (Wildman–Crippen MR) is 132 cm³/mol. The van der Waals surface area contributed by atoms with Gasteiger partial charge in [-0.05, 0) is 35.6 Å². The van der Waals surface area contributed by atoms with E-state index in [0.717, 1.165) is 18.2 Å². The highest BCUT2D eigenvalue weighted by molar-refractivity contribution is 5.81. The minimum Gasteiger partial charge on any atom is -0.382 e. The third-order valence-electron chi connectivity index (χ3n) is 5.81. The molecule has 0 saturated heterocycles. The lowest BCUT2D eigenvalue weighted by Gasteiger charge is -2.27. The first-order chi connectivity index (χ1) is 17.4. The van der Waals surface area contributed by atoms with E-state index in [-0.39, 0.29) is 43.9 Å². The van der Waals surface area contributed by atoms with Gasteiger partial charge in [0.05, 0.1) is 18.6 Å². The summed E-state index contributed by atoms with van der Waals surface area (Å²) in [7, 11) is 0. The summed E-state index contributed by atoms with van der Waals surface area (Å²) in [5.74, 6) is -2.16. The number of rotatable bonds is 12. The van der Waals surface area contributed by atoms with Crippen LogP contribution in [0.4, 0.5) is 8.78 Å². The maximum absolute atomic E-state index is 13.8. The fraction of sp³-hybridized carbons (Fsp3) is 0.458. The number of aliphatic hydroxyl groups is 1. The van der Waals surface area contributed by atoms with E-state index in [9.17, 15) is 23.5 Å². The fourth-order valence-electron chi connectivity index (χ4n) is 3.67. The molecular weight excluding hydrogens is 486 g/mol. The van der Waals surface area contributed by atoms with E-state index in [2.05, 4.69) is 25.6 Å². The number of carbonyl (C=O) groups is 2. The highest BCUT2D eigenvalue weighted by atomic mass is 19.1. The zero-order valence-corrected chi connectivity index (χ0v) is 20.7. The maximum Gasteiger partial charge on any atom is 0.250 e. The van der Waals surface area contributed by atoms with E-state index in [4.69, 9.17) is 11.5 Å². The second kappa shape index (κ2) is 12.1. The quantitative estimate of drug-likeness (QED) is 0.223. The molecule has 3 unspecified atom stereocenters. The second-order valence-corrected chi connectivity index (χ2v) is 9.80. The Morgan fingerprint density at radius 2 is 1.89 bits per heavy atom. The monoisotopic (exact) mass is 518 g/mol. The van der Waals surface area contributed by atoms with Crippen LogP contribution in [0.5, 0.6) is 0 Å². The zero-order valence-electron chi connectivity index (χ0n) is 20.7. The van der Waals surface area contributed by atoms with Crippen LogP contribution in [0.25, 0.3) is 11.2 Å². The van der Waals surface area contributed by atoms with Gasteiger partial charge in [0.1, 0.15) is 29.6 Å². The number of carbonyl (C=O) groups excluding carboxylic acids is 2. The molecule has 0 aliphatic carbocycles. The molecule has 13 heteroatoms. The smallest absolute Gasteiger partial charge is 0.250 e. The van der Waals surface area contributed by atoms with Gasteiger partial charge in [-0.15, -0.1) is 0 Å². The molecule has 37 heavy (non-hydrogen) atoms. The Morgan fingerprint density at radius 1 is 1.16 bits per heavy atom. The summed E-state index contributed by atoms with van der Waals surface area (Å²) < 4.78 is 28.8. The normalized spacial score (nSPS) is 14.2. The Hall–Kier alpha value is -3.55. The molecule has 0 radical (unpaired) electrons. The van der Waals surface area contributed by atoms with E-state index < -0.39 is 41.1 Å². The minimum absolute atomic E-state index is 0.0103. The third-order valence-corrected chi connectivity index (χ3v) is 5.81. The van der Waals surface area contributed by atoms with Crippen LogP contribution < -0.4 is 22.1 Å². The van der Waals surface area contributed by atoms with Crippen molar-refractivity contribution in [2.45, 2.75) is 51.4 Å². The van der Waals surface area contributed by atoms with Gasteiger partial charge in [-0.1, -0.05) is 13.8 Å². The number of benzene rings is 1. The van der Waals surface area contributed by atoms with Crippen molar-refractivity contribution in [1.82, 2.24) is 30.2 Å². The Morgan fingerprint density at radius 3 is 2.65 bits per heavy atom. The molecule has 0 bridgehead atoms. The largest absolute Gasteiger partial charge is 0.382 e. The van der Waals surface area contributed by atoms with Gasteiger partial charge < -0.3 is 31.8 Å². The molecular formula is C24H32F2N8O3. The SMILES string of the molecule is CC(C)(CNC(=O)CC(N)Cc1cc(F)ccc1F)CNC(=O)C(O)C(N)Cn1cnc2cncnc21. The van der Waals surface area contributed by atoms with Gasteiger partial charge in [-0.2, -0.15) is 0 Å². The van der Waals surface area contributed by atoms with E-state index in [1.807, 2.05) is 13.8 Å². The fourth-order valence-corrected chi connectivity index (χ4v) is 3.67. The van der Waals surface area contributed by atoms with Crippen molar-refractivity contribution in [2.24, 2.45) is 16.9 Å². The Kier molecular flexibility index (Phi) is 9.18. The van der Waals surface area contributed by atoms with E-state index in [1.165, 1.54) is 12.7 Å². The highest BCUT2D eigenvalue weighted by Gasteiger charge is 2.27. The number of aromatic nitrogens is 4. The van der Waals surface area contributed by atoms with Crippen LogP contribution in [0.2, 0.25) is 0 Å². The van der Waals surface area contributed by atoms with Gasteiger partial charge in [-0.3, -0.25) is 9.59 Å². The summed E-state index contributed by atoms with van der Waals surface area (Å²) in [6.07, 6.45) is 2.87. The average molecular weight is 519 g/mol. The summed E-state index contributed by atoms with van der Waals surface area (Å²) in [5.41, 5.74) is 12.6. The molecule has 2 amide bonds. The number of imidazole rings is 1. The van der Waals surface area contributed by atoms with E-state index in [0.29, 0.717) is 11.2 Å². The number of nitrogens with two attached hydrogens (primary N) is 2. The summed E-state index contributed by atoms with van der Waals surface area (Å²) in [6.45, 7) is 4.10. The van der Waals surface area contributed by atoms with Crippen LogP contribution in [-0.4, -0.2) is 67.7 Å². The van der Waals surface area contributed by atoms with Crippen LogP contribution in [-0.2, 0) is 22.6 Å². The number of nitrogens with zero attached hydrogens (tertiary/aromatic N) is 4. The molecule has 200 valence electrons. The molecule has 3 rings (SSSR count). The molecule has 11 nitrogen and oxygen atoms in total. The van der Waals surface area contributed by atoms with Crippen LogP contribution in [0, 0.1) is 17.0 Å². The number of halogens is 2. The molecule has 3 atom stereocenters. The topological polar surface area (TPSA) is 174 Å². The molecule has 0 saturated carbocycles. The highest BCUT2D eigenvalue weighted by Crippen LogP contribution is 2.14. The molecule has 2 aromatic heterocycles. The van der Waals surface area contributed by atoms with Crippen LogP contribution >= 0.6 is 0 Å². The van der Waals surface area contributed by atoms with Crippen LogP contribution in [0.15, 0.2) is 37.1 Å². The molecule has 0 spiro atoms. The summed E-state index contributed by atoms with van der Waals surface area (Å²) in [6, 6.07) is 1.48. The van der Waals surface area contributed by atoms with Crippen molar-refractivity contribution in [1.29, 1.82) is 0 Å². The van der Waals surface area contributed by atoms with Gasteiger partial charge in [0.2, 0.25) is 5.91 Å². The molecule has 0 fully saturated rings. The average Bonchev–Trinajstić information content (AvgIpc) is 3.26. The predicted octanol–water partition coefficient (Wildman–Crippen LogP) is 0.0114. The lowest BCUT2D eigenvalue weighted by Crippen LogP contribution is -2.51. The van der Waals surface area contributed by atoms with Crippen molar-refractivity contribution < 1.29 is 23.5 Å². The van der Waals surface area contributed by atoms with Crippen molar-refractivity contribution in [3.8, 4) is 0 Å². The summed E-state index contributed by atoms with van der Waals surface area (Å²) in [5, 5.41) is 15.8. The number of aliphatic hydroxyl groups excluding tert-OH is 1. The standard InChI is InChI=1S/C24H32F2N8O3/c1-24(2,10-30-20(35)7-16(27)6-14-5-15(25)3-4-17(14)26)11-31-23(37)21(36)18(28)9-34-13-33-19-8-29-12-32-22(19)34/h3-5,8,12-13,16,18,21,36H,6-7,9-11,27-28H2,1-2H3,(H,30,35)(H,31,37). The molecule has 3 aromatic rings. The summed E-state index contributed by atoms with van der Waals surface area (Å²) >= 11 is 0. The number of hydrogen-bond acceptors (Lipinski definition) is 8. The van der Waals surface area contributed by atoms with Crippen molar-refractivity contribution in [3.63, 3.8) is 0 Å². The van der Waals surface area contributed by atoms with E-state index >= 15 is 0 Å². The van der Waals surface area contributed by atoms with Crippen molar-refractivity contribution in [3.05, 3.63) is 54.2 Å². The van der Waals surface area contributed by atoms with E-state index in [1.54, 1.807) is 10.8 Å². The van der Waals surface area contributed by atoms with Gasteiger partial charge in [0.15, 0.2) is 5.65 Å². The Balaban J connectivity index is 1.42. The maximum atomic E-state index is 13.8. The van der Waals surface area contributed by atoms with Crippen LogP contribution in [0.3, 0.4) is 0 Å². The Labute approximate surface area is 212 Å². The minimum atomic E-state index is -1.48. The molecule has 7 N–H and O–H groups in total. The Bertz CT molecular complexity index is 1240. The zero-order chi connectivity index (χ0) is 27.2. The molecule has 1 aromatic carbocycles. The molecule has 0 aliphatic rings. The second-order valence-electron chi connectivity index (χ2n) is 9.80. The van der Waals surface area contributed by atoms with Crippen LogP contribution in [0.1, 0.15) is 25.8 Å². The third kappa shape index (κ3) is 7.97. The van der Waals surface area contributed by atoms with Gasteiger partial charge in [0.25, 0.3) is 5.91 Å². The lowest BCUT2D eigenvalue weighted by atomic mass is 9.93. The number of nitrogens with one attached hydrogen (secondary N) is 2. The van der Waals surface area contributed by atoms with Crippen molar-refractivity contribution in [2.75, 3.05) is 13.1 Å². The van der Waals surface area contributed by atoms with Gasteiger partial charge in [0, 0.05) is 32.1 Å². The summed E-state index contributed by atoms with van der Waals surface area (Å²) in [4.78, 5) is 36.9. The number of hydrogen-bond donors (Lipinski definition) is 5. The van der Waals surface area contributed by atoms with Gasteiger partial charge in [-0.25, -0.2) is 23.7 Å². The first-order valence-corrected chi connectivity index (χ1v) is 11.7. The first-order valence-electron chi connectivity index (χ1n) is 11.7. The number of fused-ring (bicyclic) bond motifs is 1. The van der Waals surface area contributed by atoms with Crippen molar-refractivity contribution >= 4 is 23.0 Å².